The van der Waals surface area contributed by atoms with Crippen LogP contribution in [0.2, 0.25) is 0 Å². The average molecular weight is 324 g/mol. The van der Waals surface area contributed by atoms with Crippen LogP contribution in [0.3, 0.4) is 0 Å². The highest BCUT2D eigenvalue weighted by molar-refractivity contribution is 5.84. The van der Waals surface area contributed by atoms with E-state index in [0.29, 0.717) is 13.1 Å². The van der Waals surface area contributed by atoms with Crippen molar-refractivity contribution in [3.8, 4) is 0 Å². The summed E-state index contributed by atoms with van der Waals surface area (Å²) >= 11 is 0. The van der Waals surface area contributed by atoms with Crippen molar-refractivity contribution in [3.05, 3.63) is 0 Å². The third-order valence-electron chi connectivity index (χ3n) is 4.86. The van der Waals surface area contributed by atoms with Crippen molar-refractivity contribution in [3.63, 3.8) is 0 Å². The molecule has 0 spiro atoms. The molecule has 1 N–H and O–H groups in total. The largest absolute Gasteiger partial charge is 0.479 e. The van der Waals surface area contributed by atoms with Gasteiger partial charge in [0.25, 0.3) is 0 Å². The molecule has 1 aliphatic carbocycles. The Bertz CT molecular complexity index is 505. The number of carboxylic acids is 1. The Balaban J connectivity index is 1.62. The maximum absolute atomic E-state index is 12.8. The number of carbonyl (C=O) groups excluding carboxylic acids is 2. The van der Waals surface area contributed by atoms with Crippen LogP contribution in [0.25, 0.3) is 0 Å². The van der Waals surface area contributed by atoms with Gasteiger partial charge in [-0.05, 0) is 32.6 Å². The molecular weight excluding hydrogens is 300 g/mol. The van der Waals surface area contributed by atoms with Crippen LogP contribution in [-0.2, 0) is 19.1 Å². The number of hydrogen-bond acceptors (Lipinski definition) is 4. The molecule has 3 aliphatic rings. The fourth-order valence-corrected chi connectivity index (χ4v) is 3.49. The highest BCUT2D eigenvalue weighted by atomic mass is 16.5. The number of nitrogens with zero attached hydrogens (tertiary/aromatic N) is 2. The maximum Gasteiger partial charge on any atom is 0.334 e. The molecule has 7 nitrogen and oxygen atoms in total. The van der Waals surface area contributed by atoms with E-state index in [4.69, 9.17) is 9.84 Å². The van der Waals surface area contributed by atoms with Gasteiger partial charge in [-0.1, -0.05) is 0 Å². The summed E-state index contributed by atoms with van der Waals surface area (Å²) in [7, 11) is 0. The Hall–Kier alpha value is -1.63. The summed E-state index contributed by atoms with van der Waals surface area (Å²) in [5.41, 5.74) is 0. The summed E-state index contributed by atoms with van der Waals surface area (Å²) in [5.74, 6) is -0.945. The van der Waals surface area contributed by atoms with E-state index in [1.807, 2.05) is 4.90 Å². The molecule has 2 heterocycles. The third kappa shape index (κ3) is 3.65. The molecule has 2 unspecified atom stereocenters. The molecule has 3 atom stereocenters. The molecule has 2 amide bonds. The monoisotopic (exact) mass is 324 g/mol. The van der Waals surface area contributed by atoms with Crippen molar-refractivity contribution < 1.29 is 24.2 Å². The highest BCUT2D eigenvalue weighted by Gasteiger charge is 2.39. The Morgan fingerprint density at radius 3 is 2.30 bits per heavy atom. The average Bonchev–Trinajstić information content (AvgIpc) is 3.37. The fourth-order valence-electron chi connectivity index (χ4n) is 3.49. The number of morpholine rings is 1. The molecule has 0 radical (unpaired) electrons. The van der Waals surface area contributed by atoms with Gasteiger partial charge in [0, 0.05) is 25.6 Å². The number of likely N-dealkylation sites (tertiary alicyclic amines) is 1. The minimum Gasteiger partial charge on any atom is -0.479 e. The lowest BCUT2D eigenvalue weighted by atomic mass is 9.95. The summed E-state index contributed by atoms with van der Waals surface area (Å²) in [6, 6.07) is 0. The van der Waals surface area contributed by atoms with Crippen molar-refractivity contribution in [1.29, 1.82) is 0 Å². The van der Waals surface area contributed by atoms with Crippen LogP contribution >= 0.6 is 0 Å². The molecule has 1 saturated carbocycles. The topological polar surface area (TPSA) is 87.2 Å². The van der Waals surface area contributed by atoms with E-state index in [1.165, 1.54) is 0 Å². The molecular formula is C16H24N2O5. The summed E-state index contributed by atoms with van der Waals surface area (Å²) < 4.78 is 5.36. The van der Waals surface area contributed by atoms with Gasteiger partial charge in [0.2, 0.25) is 11.8 Å². The quantitative estimate of drug-likeness (QED) is 0.809. The lowest BCUT2D eigenvalue weighted by molar-refractivity contribution is -0.168. The number of carboxylic acid groups (broad SMARTS) is 1. The number of piperidine rings is 1. The number of carbonyl (C=O) groups is 3. The summed E-state index contributed by atoms with van der Waals surface area (Å²) in [6.07, 6.45) is 2.27. The van der Waals surface area contributed by atoms with Crippen molar-refractivity contribution in [1.82, 2.24) is 9.80 Å². The van der Waals surface area contributed by atoms with Crippen LogP contribution in [0.4, 0.5) is 0 Å². The second kappa shape index (κ2) is 6.47. The standard InChI is InChI=1S/C16H24N2O5/c1-10-7-18(9-13(23-10)16(21)22)15(20)12-3-2-6-17(8-12)14(19)11-4-5-11/h10-13H,2-9H2,1H3,(H,21,22)/t10-,12?,13?/m1/s1. The predicted octanol–water partition coefficient (Wildman–Crippen LogP) is 0.336. The van der Waals surface area contributed by atoms with E-state index in [-0.39, 0.29) is 36.3 Å². The van der Waals surface area contributed by atoms with E-state index in [9.17, 15) is 14.4 Å². The van der Waals surface area contributed by atoms with Crippen molar-refractivity contribution in [2.75, 3.05) is 26.2 Å². The number of amides is 2. The first-order chi connectivity index (χ1) is 11.0. The first-order valence-electron chi connectivity index (χ1n) is 8.41. The summed E-state index contributed by atoms with van der Waals surface area (Å²) in [6.45, 7) is 3.48. The number of hydrogen-bond donors (Lipinski definition) is 1. The molecule has 0 aromatic rings. The molecule has 0 aromatic carbocycles. The Labute approximate surface area is 135 Å². The fraction of sp³-hybridized carbons (Fsp3) is 0.812. The van der Waals surface area contributed by atoms with E-state index in [2.05, 4.69) is 0 Å². The molecule has 0 aromatic heterocycles. The molecule has 7 heteroatoms. The van der Waals surface area contributed by atoms with Gasteiger partial charge in [-0.3, -0.25) is 9.59 Å². The molecule has 0 bridgehead atoms. The van der Waals surface area contributed by atoms with Crippen molar-refractivity contribution in [2.24, 2.45) is 11.8 Å². The molecule has 3 rings (SSSR count). The second-order valence-corrected chi connectivity index (χ2v) is 6.91. The minimum absolute atomic E-state index is 0.0419. The normalized spacial score (nSPS) is 31.8. The maximum atomic E-state index is 12.8. The summed E-state index contributed by atoms with van der Waals surface area (Å²) in [4.78, 5) is 39.5. The zero-order valence-corrected chi connectivity index (χ0v) is 13.4. The van der Waals surface area contributed by atoms with Gasteiger partial charge in [-0.15, -0.1) is 0 Å². The highest BCUT2D eigenvalue weighted by Crippen LogP contribution is 2.33. The Morgan fingerprint density at radius 2 is 1.65 bits per heavy atom. The van der Waals surface area contributed by atoms with Crippen molar-refractivity contribution in [2.45, 2.75) is 44.8 Å². The molecule has 2 aliphatic heterocycles. The van der Waals surface area contributed by atoms with Crippen LogP contribution in [0.1, 0.15) is 32.6 Å². The minimum atomic E-state index is -1.04. The molecule has 23 heavy (non-hydrogen) atoms. The van der Waals surface area contributed by atoms with Crippen LogP contribution in [0, 0.1) is 11.8 Å². The van der Waals surface area contributed by atoms with E-state index >= 15 is 0 Å². The smallest absolute Gasteiger partial charge is 0.334 e. The number of rotatable bonds is 3. The Morgan fingerprint density at radius 1 is 0.957 bits per heavy atom. The van der Waals surface area contributed by atoms with Crippen molar-refractivity contribution >= 4 is 17.8 Å². The number of ether oxygens (including phenoxy) is 1. The zero-order valence-electron chi connectivity index (χ0n) is 13.4. The van der Waals surface area contributed by atoms with E-state index in [1.54, 1.807) is 11.8 Å². The lowest BCUT2D eigenvalue weighted by Gasteiger charge is -2.39. The first-order valence-corrected chi connectivity index (χ1v) is 8.41. The SMILES string of the molecule is C[C@@H]1CN(C(=O)C2CCCN(C(=O)C3CC3)C2)CC(C(=O)O)O1. The Kier molecular flexibility index (Phi) is 4.57. The van der Waals surface area contributed by atoms with Crippen LogP contribution in [-0.4, -0.2) is 71.1 Å². The van der Waals surface area contributed by atoms with Crippen LogP contribution in [0.15, 0.2) is 0 Å². The first kappa shape index (κ1) is 16.2. The van der Waals surface area contributed by atoms with Gasteiger partial charge in [0.05, 0.1) is 18.6 Å². The van der Waals surface area contributed by atoms with E-state index in [0.717, 1.165) is 32.2 Å². The van der Waals surface area contributed by atoms with Crippen LogP contribution < -0.4 is 0 Å². The predicted molar refractivity (Wildman–Crippen MR) is 80.6 cm³/mol. The van der Waals surface area contributed by atoms with E-state index < -0.39 is 12.1 Å². The van der Waals surface area contributed by atoms with Crippen LogP contribution in [0.5, 0.6) is 0 Å². The van der Waals surface area contributed by atoms with Gasteiger partial charge in [-0.25, -0.2) is 4.79 Å². The molecule has 128 valence electrons. The lowest BCUT2D eigenvalue weighted by Crippen LogP contribution is -2.55. The van der Waals surface area contributed by atoms with Gasteiger partial charge >= 0.3 is 5.97 Å². The molecule has 2 saturated heterocycles. The zero-order chi connectivity index (χ0) is 16.6. The number of aliphatic carboxylic acids is 1. The molecule has 3 fully saturated rings. The van der Waals surface area contributed by atoms with Gasteiger partial charge in [0.15, 0.2) is 6.10 Å². The van der Waals surface area contributed by atoms with Gasteiger partial charge in [-0.2, -0.15) is 0 Å². The second-order valence-electron chi connectivity index (χ2n) is 6.91. The van der Waals surface area contributed by atoms with Gasteiger partial charge in [0.1, 0.15) is 0 Å². The van der Waals surface area contributed by atoms with Gasteiger partial charge < -0.3 is 19.6 Å². The third-order valence-corrected chi connectivity index (χ3v) is 4.86. The summed E-state index contributed by atoms with van der Waals surface area (Å²) in [5, 5.41) is 9.13.